The average Bonchev–Trinajstić information content (AvgIpc) is 3.60. The van der Waals surface area contributed by atoms with Crippen LogP contribution in [0.5, 0.6) is 0 Å². The summed E-state index contributed by atoms with van der Waals surface area (Å²) in [5.74, 6) is -0.929. The summed E-state index contributed by atoms with van der Waals surface area (Å²) in [6, 6.07) is 16.4. The van der Waals surface area contributed by atoms with Crippen LogP contribution in [0.3, 0.4) is 0 Å². The Morgan fingerprint density at radius 3 is 2.06 bits per heavy atom. The number of hydrogen-bond acceptors (Lipinski definition) is 4. The number of alkyl carbamates (subject to hydrolysis) is 1. The first-order valence-electron chi connectivity index (χ1n) is 12.2. The molecule has 1 fully saturated rings. The molecule has 0 bridgehead atoms. The minimum atomic E-state index is -0.899. The summed E-state index contributed by atoms with van der Waals surface area (Å²) in [6.07, 6.45) is 1.44. The van der Waals surface area contributed by atoms with Gasteiger partial charge in [-0.15, -0.1) is 0 Å². The van der Waals surface area contributed by atoms with Crippen LogP contribution in [0.4, 0.5) is 4.79 Å². The van der Waals surface area contributed by atoms with Gasteiger partial charge in [0.1, 0.15) is 6.61 Å². The Hall–Kier alpha value is -3.35. The molecule has 186 valence electrons. The Morgan fingerprint density at radius 1 is 0.943 bits per heavy atom. The number of carbonyl (C=O) groups excluding carboxylic acids is 2. The maximum Gasteiger partial charge on any atom is 0.407 e. The molecule has 7 heteroatoms. The summed E-state index contributed by atoms with van der Waals surface area (Å²) in [5, 5.41) is 14.9. The van der Waals surface area contributed by atoms with Gasteiger partial charge in [-0.3, -0.25) is 9.59 Å². The molecule has 35 heavy (non-hydrogen) atoms. The lowest BCUT2D eigenvalue weighted by molar-refractivity contribution is -0.139. The lowest BCUT2D eigenvalue weighted by Gasteiger charge is -2.31. The van der Waals surface area contributed by atoms with Crippen molar-refractivity contribution in [1.29, 1.82) is 0 Å². The van der Waals surface area contributed by atoms with Crippen LogP contribution < -0.4 is 10.6 Å². The zero-order valence-corrected chi connectivity index (χ0v) is 20.6. The van der Waals surface area contributed by atoms with Crippen molar-refractivity contribution in [2.45, 2.75) is 57.9 Å². The largest absolute Gasteiger partial charge is 0.481 e. The van der Waals surface area contributed by atoms with E-state index in [9.17, 15) is 14.4 Å². The Kier molecular flexibility index (Phi) is 6.88. The van der Waals surface area contributed by atoms with Crippen molar-refractivity contribution in [3.8, 4) is 11.1 Å². The minimum absolute atomic E-state index is 0.0277. The molecule has 3 N–H and O–H groups in total. The molecule has 2 aromatic carbocycles. The zero-order chi connectivity index (χ0) is 25.2. The summed E-state index contributed by atoms with van der Waals surface area (Å²) in [6.45, 7) is 5.96. The quantitative estimate of drug-likeness (QED) is 0.459. The molecular formula is C28H34N2O5. The van der Waals surface area contributed by atoms with Crippen LogP contribution in [0.15, 0.2) is 48.5 Å². The van der Waals surface area contributed by atoms with Gasteiger partial charge in [-0.05, 0) is 53.4 Å². The van der Waals surface area contributed by atoms with E-state index < -0.39 is 23.0 Å². The molecule has 0 radical (unpaired) electrons. The minimum Gasteiger partial charge on any atom is -0.481 e. The summed E-state index contributed by atoms with van der Waals surface area (Å²) < 4.78 is 5.71. The number of carboxylic acid groups (broad SMARTS) is 1. The van der Waals surface area contributed by atoms with Crippen LogP contribution in [0.25, 0.3) is 11.1 Å². The molecule has 4 rings (SSSR count). The molecular weight excluding hydrogens is 444 g/mol. The van der Waals surface area contributed by atoms with E-state index in [1.54, 1.807) is 13.8 Å². The number of benzene rings is 2. The molecule has 0 heterocycles. The summed E-state index contributed by atoms with van der Waals surface area (Å²) in [4.78, 5) is 36.6. The van der Waals surface area contributed by atoms with Gasteiger partial charge in [0.05, 0.1) is 12.0 Å². The van der Waals surface area contributed by atoms with Crippen LogP contribution in [-0.4, -0.2) is 41.8 Å². The first-order valence-corrected chi connectivity index (χ1v) is 12.2. The number of carboxylic acids is 1. The van der Waals surface area contributed by atoms with Crippen LogP contribution in [0.2, 0.25) is 0 Å². The van der Waals surface area contributed by atoms with Gasteiger partial charge in [-0.2, -0.15) is 0 Å². The van der Waals surface area contributed by atoms with E-state index in [4.69, 9.17) is 9.84 Å². The number of amides is 2. The monoisotopic (exact) mass is 478 g/mol. The fraction of sp³-hybridized carbons (Fsp3) is 0.464. The number of hydrogen-bond donors (Lipinski definition) is 3. The van der Waals surface area contributed by atoms with Crippen molar-refractivity contribution in [2.75, 3.05) is 13.2 Å². The van der Waals surface area contributed by atoms with Gasteiger partial charge in [0.15, 0.2) is 0 Å². The van der Waals surface area contributed by atoms with Crippen molar-refractivity contribution in [1.82, 2.24) is 10.6 Å². The fourth-order valence-electron chi connectivity index (χ4n) is 5.08. The Labute approximate surface area is 206 Å². The molecule has 0 saturated heterocycles. The molecule has 1 saturated carbocycles. The highest BCUT2D eigenvalue weighted by atomic mass is 16.5. The number of rotatable bonds is 10. The van der Waals surface area contributed by atoms with Gasteiger partial charge in [-0.1, -0.05) is 62.4 Å². The number of aliphatic carboxylic acids is 1. The van der Waals surface area contributed by atoms with E-state index in [1.165, 1.54) is 11.1 Å². The molecule has 2 aliphatic rings. The third-order valence-electron chi connectivity index (χ3n) is 7.13. The third kappa shape index (κ3) is 5.84. The van der Waals surface area contributed by atoms with Gasteiger partial charge >= 0.3 is 12.1 Å². The number of ether oxygens (including phenoxy) is 1. The number of nitrogens with one attached hydrogen (secondary N) is 2. The highest BCUT2D eigenvalue weighted by Crippen LogP contribution is 2.45. The molecule has 1 atom stereocenters. The molecule has 0 spiro atoms. The SMILES string of the molecule is CC(C)(CNC(=O)CC(C)(NC(=O)OCC1c2ccccc2-c2ccccc21)C1CC1)CC(=O)O. The molecule has 7 nitrogen and oxygen atoms in total. The Balaban J connectivity index is 1.36. The molecule has 0 aromatic heterocycles. The van der Waals surface area contributed by atoms with Crippen molar-refractivity contribution in [2.24, 2.45) is 11.3 Å². The second-order valence-electron chi connectivity index (χ2n) is 10.8. The van der Waals surface area contributed by atoms with Crippen molar-refractivity contribution >= 4 is 18.0 Å². The third-order valence-corrected chi connectivity index (χ3v) is 7.13. The highest BCUT2D eigenvalue weighted by Gasteiger charge is 2.44. The molecule has 1 unspecified atom stereocenters. The smallest absolute Gasteiger partial charge is 0.407 e. The first kappa shape index (κ1) is 24.8. The molecule has 2 amide bonds. The van der Waals surface area contributed by atoms with Crippen molar-refractivity contribution in [3.05, 3.63) is 59.7 Å². The van der Waals surface area contributed by atoms with Gasteiger partial charge in [0.2, 0.25) is 5.91 Å². The molecule has 0 aliphatic heterocycles. The van der Waals surface area contributed by atoms with Gasteiger partial charge in [0, 0.05) is 18.9 Å². The topological polar surface area (TPSA) is 105 Å². The van der Waals surface area contributed by atoms with E-state index in [1.807, 2.05) is 31.2 Å². The van der Waals surface area contributed by atoms with Gasteiger partial charge < -0.3 is 20.5 Å². The van der Waals surface area contributed by atoms with Crippen molar-refractivity contribution in [3.63, 3.8) is 0 Å². The van der Waals surface area contributed by atoms with Gasteiger partial charge in [-0.25, -0.2) is 4.79 Å². The number of fused-ring (bicyclic) bond motifs is 3. The maximum atomic E-state index is 12.9. The zero-order valence-electron chi connectivity index (χ0n) is 20.6. The van der Waals surface area contributed by atoms with Crippen LogP contribution in [-0.2, 0) is 14.3 Å². The van der Waals surface area contributed by atoms with Crippen LogP contribution in [0, 0.1) is 11.3 Å². The van der Waals surface area contributed by atoms with Gasteiger partial charge in [0.25, 0.3) is 0 Å². The summed E-state index contributed by atoms with van der Waals surface area (Å²) in [7, 11) is 0. The second kappa shape index (κ2) is 9.72. The summed E-state index contributed by atoms with van der Waals surface area (Å²) in [5.41, 5.74) is 3.36. The predicted octanol–water partition coefficient (Wildman–Crippen LogP) is 4.70. The Morgan fingerprint density at radius 2 is 1.51 bits per heavy atom. The lowest BCUT2D eigenvalue weighted by Crippen LogP contribution is -2.51. The average molecular weight is 479 g/mol. The predicted molar refractivity (Wildman–Crippen MR) is 133 cm³/mol. The number of carbonyl (C=O) groups is 3. The van der Waals surface area contributed by atoms with E-state index in [0.29, 0.717) is 0 Å². The van der Waals surface area contributed by atoms with E-state index in [-0.39, 0.29) is 43.7 Å². The second-order valence-corrected chi connectivity index (χ2v) is 10.8. The van der Waals surface area contributed by atoms with E-state index in [0.717, 1.165) is 24.0 Å². The standard InChI is InChI=1S/C28H34N2O5/c1-27(2,15-25(32)33)17-29-24(31)14-28(3,18-12-13-18)30-26(34)35-16-23-21-10-6-4-8-19(21)20-9-5-7-11-22(20)23/h4-11,18,23H,12-17H2,1-3H3,(H,29,31)(H,30,34)(H,32,33). The van der Waals surface area contributed by atoms with Crippen molar-refractivity contribution < 1.29 is 24.2 Å². The molecule has 2 aliphatic carbocycles. The lowest BCUT2D eigenvalue weighted by atomic mass is 9.88. The first-order chi connectivity index (χ1) is 16.6. The van der Waals surface area contributed by atoms with E-state index >= 15 is 0 Å². The summed E-state index contributed by atoms with van der Waals surface area (Å²) >= 11 is 0. The Bertz CT molecular complexity index is 1080. The maximum absolute atomic E-state index is 12.9. The normalized spacial score (nSPS) is 16.5. The fourth-order valence-corrected chi connectivity index (χ4v) is 5.08. The van der Waals surface area contributed by atoms with Crippen LogP contribution in [0.1, 0.15) is 63.5 Å². The van der Waals surface area contributed by atoms with Crippen LogP contribution >= 0.6 is 0 Å². The van der Waals surface area contributed by atoms with E-state index in [2.05, 4.69) is 34.9 Å². The molecule has 2 aromatic rings. The highest BCUT2D eigenvalue weighted by molar-refractivity contribution is 5.80.